The first kappa shape index (κ1) is 14.3. The van der Waals surface area contributed by atoms with Crippen LogP contribution >= 0.6 is 22.9 Å². The second-order valence-electron chi connectivity index (χ2n) is 4.30. The van der Waals surface area contributed by atoms with Gasteiger partial charge in [-0.1, -0.05) is 23.7 Å². The predicted molar refractivity (Wildman–Crippen MR) is 80.1 cm³/mol. The van der Waals surface area contributed by atoms with Gasteiger partial charge in [0.2, 0.25) is 0 Å². The molecule has 1 heterocycles. The van der Waals surface area contributed by atoms with Crippen molar-refractivity contribution in [1.82, 2.24) is 10.3 Å². The van der Waals surface area contributed by atoms with Crippen molar-refractivity contribution < 1.29 is 4.74 Å². The van der Waals surface area contributed by atoms with Crippen molar-refractivity contribution in [3.8, 4) is 5.75 Å². The highest BCUT2D eigenvalue weighted by molar-refractivity contribution is 7.11. The maximum absolute atomic E-state index is 6.20. The van der Waals surface area contributed by atoms with E-state index in [0.29, 0.717) is 11.6 Å². The number of rotatable bonds is 5. The molecule has 0 saturated carbocycles. The third-order valence-corrected chi connectivity index (χ3v) is 4.17. The van der Waals surface area contributed by atoms with Gasteiger partial charge in [0, 0.05) is 17.0 Å². The van der Waals surface area contributed by atoms with E-state index in [4.69, 9.17) is 16.3 Å². The summed E-state index contributed by atoms with van der Waals surface area (Å²) in [6, 6.07) is 5.78. The van der Waals surface area contributed by atoms with Crippen LogP contribution in [0.1, 0.15) is 21.1 Å². The topological polar surface area (TPSA) is 34.1 Å². The summed E-state index contributed by atoms with van der Waals surface area (Å²) in [5.74, 6) is 0.740. The van der Waals surface area contributed by atoms with Gasteiger partial charge in [-0.05, 0) is 27.0 Å². The molecule has 2 rings (SSSR count). The lowest BCUT2D eigenvalue weighted by Crippen LogP contribution is -2.07. The van der Waals surface area contributed by atoms with Crippen LogP contribution in [-0.2, 0) is 13.2 Å². The molecule has 0 atom stereocenters. The van der Waals surface area contributed by atoms with E-state index in [1.165, 1.54) is 4.88 Å². The van der Waals surface area contributed by atoms with Crippen molar-refractivity contribution in [2.75, 3.05) is 7.05 Å². The van der Waals surface area contributed by atoms with Gasteiger partial charge in [-0.3, -0.25) is 0 Å². The Morgan fingerprint density at radius 2 is 2.16 bits per heavy atom. The third-order valence-electron chi connectivity index (χ3n) is 2.83. The van der Waals surface area contributed by atoms with Gasteiger partial charge >= 0.3 is 0 Å². The van der Waals surface area contributed by atoms with Gasteiger partial charge in [0.05, 0.1) is 10.7 Å². The minimum Gasteiger partial charge on any atom is -0.485 e. The molecule has 0 aliphatic rings. The van der Waals surface area contributed by atoms with Crippen molar-refractivity contribution in [3.05, 3.63) is 44.4 Å². The number of para-hydroxylation sites is 1. The summed E-state index contributed by atoms with van der Waals surface area (Å²) >= 11 is 7.86. The van der Waals surface area contributed by atoms with Gasteiger partial charge in [0.15, 0.2) is 0 Å². The standard InChI is InChI=1S/C14H17ClN2OS/c1-9-10(2)19-13(17-9)8-18-14-11(7-16-3)5-4-6-12(14)15/h4-6,16H,7-8H2,1-3H3. The van der Waals surface area contributed by atoms with Gasteiger partial charge in [-0.2, -0.15) is 0 Å². The van der Waals surface area contributed by atoms with Gasteiger partial charge in [-0.25, -0.2) is 4.98 Å². The Bertz CT molecular complexity index is 549. The Labute approximate surface area is 122 Å². The van der Waals surface area contributed by atoms with E-state index in [1.54, 1.807) is 11.3 Å². The molecular weight excluding hydrogens is 280 g/mol. The zero-order valence-corrected chi connectivity index (χ0v) is 12.9. The number of aryl methyl sites for hydroxylation is 2. The molecule has 1 aromatic carbocycles. The highest BCUT2D eigenvalue weighted by Gasteiger charge is 2.10. The van der Waals surface area contributed by atoms with Crippen molar-refractivity contribution in [2.24, 2.45) is 0 Å². The first-order valence-corrected chi connectivity index (χ1v) is 7.29. The monoisotopic (exact) mass is 296 g/mol. The fourth-order valence-corrected chi connectivity index (χ4v) is 2.88. The summed E-state index contributed by atoms with van der Waals surface area (Å²) in [6.07, 6.45) is 0. The molecule has 0 spiro atoms. The van der Waals surface area contributed by atoms with E-state index in [0.717, 1.165) is 28.6 Å². The van der Waals surface area contributed by atoms with Gasteiger partial charge < -0.3 is 10.1 Å². The van der Waals surface area contributed by atoms with E-state index in [2.05, 4.69) is 17.2 Å². The van der Waals surface area contributed by atoms with Crippen LogP contribution in [0.3, 0.4) is 0 Å². The highest BCUT2D eigenvalue weighted by atomic mass is 35.5. The molecule has 0 radical (unpaired) electrons. The first-order valence-electron chi connectivity index (χ1n) is 6.09. The second-order valence-corrected chi connectivity index (χ2v) is 5.99. The molecule has 5 heteroatoms. The average molecular weight is 297 g/mol. The number of aromatic nitrogens is 1. The quantitative estimate of drug-likeness (QED) is 0.913. The molecule has 102 valence electrons. The van der Waals surface area contributed by atoms with Crippen LogP contribution in [0.4, 0.5) is 0 Å². The smallest absolute Gasteiger partial charge is 0.143 e. The molecule has 0 saturated heterocycles. The van der Waals surface area contributed by atoms with Gasteiger partial charge in [0.25, 0.3) is 0 Å². The number of hydrogen-bond acceptors (Lipinski definition) is 4. The Kier molecular flexibility index (Phi) is 4.80. The lowest BCUT2D eigenvalue weighted by Gasteiger charge is -2.11. The minimum atomic E-state index is 0.458. The number of thiazole rings is 1. The molecule has 19 heavy (non-hydrogen) atoms. The summed E-state index contributed by atoms with van der Waals surface area (Å²) < 4.78 is 5.85. The highest BCUT2D eigenvalue weighted by Crippen LogP contribution is 2.30. The van der Waals surface area contributed by atoms with E-state index in [-0.39, 0.29) is 0 Å². The van der Waals surface area contributed by atoms with Crippen LogP contribution in [0.15, 0.2) is 18.2 Å². The zero-order valence-electron chi connectivity index (χ0n) is 11.3. The maximum Gasteiger partial charge on any atom is 0.143 e. The molecule has 3 nitrogen and oxygen atoms in total. The number of benzene rings is 1. The predicted octanol–water partition coefficient (Wildman–Crippen LogP) is 3.71. The normalized spacial score (nSPS) is 10.7. The van der Waals surface area contributed by atoms with Crippen molar-refractivity contribution >= 4 is 22.9 Å². The van der Waals surface area contributed by atoms with Crippen LogP contribution < -0.4 is 10.1 Å². The van der Waals surface area contributed by atoms with Crippen LogP contribution in [0.25, 0.3) is 0 Å². The van der Waals surface area contributed by atoms with E-state index in [9.17, 15) is 0 Å². The zero-order chi connectivity index (χ0) is 13.8. The van der Waals surface area contributed by atoms with Crippen LogP contribution in [0.2, 0.25) is 5.02 Å². The summed E-state index contributed by atoms with van der Waals surface area (Å²) in [5, 5.41) is 4.73. The molecule has 2 aromatic rings. The molecule has 0 aliphatic heterocycles. The van der Waals surface area contributed by atoms with E-state index < -0.39 is 0 Å². The Hall–Kier alpha value is -1.10. The lowest BCUT2D eigenvalue weighted by molar-refractivity contribution is 0.302. The summed E-state index contributed by atoms with van der Waals surface area (Å²) in [5.41, 5.74) is 2.12. The van der Waals surface area contributed by atoms with Crippen LogP contribution in [0, 0.1) is 13.8 Å². The summed E-state index contributed by atoms with van der Waals surface area (Å²) in [7, 11) is 1.90. The third kappa shape index (κ3) is 3.47. The molecule has 0 bridgehead atoms. The van der Waals surface area contributed by atoms with Crippen molar-refractivity contribution in [2.45, 2.75) is 27.0 Å². The molecule has 0 unspecified atom stereocenters. The Morgan fingerprint density at radius 1 is 1.37 bits per heavy atom. The van der Waals surface area contributed by atoms with E-state index >= 15 is 0 Å². The molecule has 1 aromatic heterocycles. The van der Waals surface area contributed by atoms with Gasteiger partial charge in [0.1, 0.15) is 17.4 Å². The molecule has 0 amide bonds. The first-order chi connectivity index (χ1) is 9.11. The largest absolute Gasteiger partial charge is 0.485 e. The molecule has 0 aliphatic carbocycles. The number of nitrogens with zero attached hydrogens (tertiary/aromatic N) is 1. The van der Waals surface area contributed by atoms with Crippen LogP contribution in [-0.4, -0.2) is 12.0 Å². The van der Waals surface area contributed by atoms with Crippen molar-refractivity contribution in [3.63, 3.8) is 0 Å². The number of hydrogen-bond donors (Lipinski definition) is 1. The molecule has 0 fully saturated rings. The minimum absolute atomic E-state index is 0.458. The van der Waals surface area contributed by atoms with Crippen molar-refractivity contribution in [1.29, 1.82) is 0 Å². The fourth-order valence-electron chi connectivity index (χ4n) is 1.78. The van der Waals surface area contributed by atoms with Gasteiger partial charge in [-0.15, -0.1) is 11.3 Å². The fraction of sp³-hybridized carbons (Fsp3) is 0.357. The Morgan fingerprint density at radius 3 is 2.79 bits per heavy atom. The summed E-state index contributed by atoms with van der Waals surface area (Å²) in [6.45, 7) is 5.27. The van der Waals surface area contributed by atoms with Crippen LogP contribution in [0.5, 0.6) is 5.75 Å². The second kappa shape index (κ2) is 6.37. The lowest BCUT2D eigenvalue weighted by atomic mass is 10.2. The van der Waals surface area contributed by atoms with E-state index in [1.807, 2.05) is 32.2 Å². The average Bonchev–Trinajstić information content (AvgIpc) is 2.68. The molecular formula is C14H17ClN2OS. The number of ether oxygens (including phenoxy) is 1. The number of halogens is 1. The Balaban J connectivity index is 2.14. The summed E-state index contributed by atoms with van der Waals surface area (Å²) in [4.78, 5) is 5.70. The SMILES string of the molecule is CNCc1cccc(Cl)c1OCc1nc(C)c(C)s1. The maximum atomic E-state index is 6.20. The number of nitrogens with one attached hydrogen (secondary N) is 1. The molecule has 1 N–H and O–H groups in total.